The lowest BCUT2D eigenvalue weighted by Gasteiger charge is -1.88. The number of rotatable bonds is 2. The number of hydrogen-bond donors (Lipinski definition) is 2. The van der Waals surface area contributed by atoms with Gasteiger partial charge in [-0.25, -0.2) is 4.79 Å². The number of primary amides is 1. The van der Waals surface area contributed by atoms with Crippen molar-refractivity contribution in [3.05, 3.63) is 60.2 Å². The predicted molar refractivity (Wildman–Crippen MR) is 64.0 cm³/mol. The zero-order chi connectivity index (χ0) is 13.4. The van der Waals surface area contributed by atoms with E-state index in [0.717, 1.165) is 0 Å². The van der Waals surface area contributed by atoms with Crippen LogP contribution < -0.4 is 5.73 Å². The molecule has 0 bridgehead atoms. The van der Waals surface area contributed by atoms with E-state index in [9.17, 15) is 9.59 Å². The fourth-order valence-electron chi connectivity index (χ4n) is 0.998. The highest BCUT2D eigenvalue weighted by Gasteiger charge is 1.97. The van der Waals surface area contributed by atoms with Crippen LogP contribution in [0.5, 0.6) is 0 Å². The van der Waals surface area contributed by atoms with Crippen molar-refractivity contribution in [2.75, 3.05) is 0 Å². The van der Waals surface area contributed by atoms with Gasteiger partial charge in [-0.05, 0) is 24.3 Å². The van der Waals surface area contributed by atoms with Crippen molar-refractivity contribution in [1.82, 2.24) is 9.97 Å². The zero-order valence-electron chi connectivity index (χ0n) is 9.35. The first kappa shape index (κ1) is 13.3. The molecule has 2 heterocycles. The van der Waals surface area contributed by atoms with Gasteiger partial charge in [0.2, 0.25) is 5.91 Å². The highest BCUT2D eigenvalue weighted by Crippen LogP contribution is 1.93. The van der Waals surface area contributed by atoms with E-state index < -0.39 is 11.9 Å². The van der Waals surface area contributed by atoms with Crippen molar-refractivity contribution in [3.63, 3.8) is 0 Å². The number of pyridine rings is 2. The number of carbonyl (C=O) groups excluding carboxylic acids is 1. The zero-order valence-corrected chi connectivity index (χ0v) is 9.35. The highest BCUT2D eigenvalue weighted by molar-refractivity contribution is 5.92. The lowest BCUT2D eigenvalue weighted by Crippen LogP contribution is -2.10. The molecule has 18 heavy (non-hydrogen) atoms. The Labute approximate surface area is 103 Å². The molecule has 2 rings (SSSR count). The van der Waals surface area contributed by atoms with E-state index in [1.807, 2.05) is 0 Å². The summed E-state index contributed by atoms with van der Waals surface area (Å²) in [6.45, 7) is 0. The maximum absolute atomic E-state index is 10.4. The van der Waals surface area contributed by atoms with Crippen LogP contribution in [-0.2, 0) is 0 Å². The van der Waals surface area contributed by atoms with Crippen LogP contribution in [0.25, 0.3) is 0 Å². The summed E-state index contributed by atoms with van der Waals surface area (Å²) in [4.78, 5) is 27.9. The van der Waals surface area contributed by atoms with Gasteiger partial charge in [0.15, 0.2) is 0 Å². The molecule has 6 nitrogen and oxygen atoms in total. The Kier molecular flexibility index (Phi) is 4.98. The predicted octanol–water partition coefficient (Wildman–Crippen LogP) is 0.960. The summed E-state index contributed by atoms with van der Waals surface area (Å²) in [5.74, 6) is -1.38. The Hall–Kier alpha value is -2.76. The SMILES string of the molecule is NC(=O)c1cccnc1.O=C(O)c1cccnc1. The van der Waals surface area contributed by atoms with Crippen molar-refractivity contribution >= 4 is 11.9 Å². The third-order valence-corrected chi connectivity index (χ3v) is 1.85. The molecule has 92 valence electrons. The molecule has 0 fully saturated rings. The molecule has 0 atom stereocenters. The van der Waals surface area contributed by atoms with Gasteiger partial charge in [0.1, 0.15) is 0 Å². The van der Waals surface area contributed by atoms with Crippen molar-refractivity contribution in [2.24, 2.45) is 5.73 Å². The van der Waals surface area contributed by atoms with E-state index in [4.69, 9.17) is 10.8 Å². The normalized spacial score (nSPS) is 8.89. The van der Waals surface area contributed by atoms with Gasteiger partial charge in [-0.1, -0.05) is 0 Å². The van der Waals surface area contributed by atoms with Crippen molar-refractivity contribution in [1.29, 1.82) is 0 Å². The minimum Gasteiger partial charge on any atom is -0.478 e. The summed E-state index contributed by atoms with van der Waals surface area (Å²) in [6.07, 6.45) is 5.86. The quantitative estimate of drug-likeness (QED) is 0.819. The largest absolute Gasteiger partial charge is 0.478 e. The number of carboxylic acid groups (broad SMARTS) is 1. The monoisotopic (exact) mass is 245 g/mol. The van der Waals surface area contributed by atoms with Gasteiger partial charge in [0.25, 0.3) is 0 Å². The van der Waals surface area contributed by atoms with Gasteiger partial charge >= 0.3 is 5.97 Å². The minimum absolute atomic E-state index is 0.220. The maximum atomic E-state index is 10.4. The molecule has 0 radical (unpaired) electrons. The summed E-state index contributed by atoms with van der Waals surface area (Å²) >= 11 is 0. The van der Waals surface area contributed by atoms with Crippen molar-refractivity contribution < 1.29 is 14.7 Å². The Morgan fingerprint density at radius 2 is 1.50 bits per heavy atom. The molecule has 0 unspecified atom stereocenters. The lowest BCUT2D eigenvalue weighted by molar-refractivity contribution is 0.0696. The van der Waals surface area contributed by atoms with E-state index in [0.29, 0.717) is 5.56 Å². The van der Waals surface area contributed by atoms with E-state index in [1.165, 1.54) is 24.7 Å². The molecule has 0 aliphatic rings. The molecule has 0 aromatic carbocycles. The number of amides is 1. The van der Waals surface area contributed by atoms with Crippen LogP contribution in [-0.4, -0.2) is 27.0 Å². The molecule has 0 aliphatic carbocycles. The summed E-state index contributed by atoms with van der Waals surface area (Å²) in [7, 11) is 0. The van der Waals surface area contributed by atoms with Gasteiger partial charge in [-0.15, -0.1) is 0 Å². The summed E-state index contributed by atoms with van der Waals surface area (Å²) in [5.41, 5.74) is 5.60. The third kappa shape index (κ3) is 4.40. The van der Waals surface area contributed by atoms with Crippen LogP contribution in [0.2, 0.25) is 0 Å². The van der Waals surface area contributed by atoms with Gasteiger partial charge in [-0.3, -0.25) is 14.8 Å². The van der Waals surface area contributed by atoms with Gasteiger partial charge in [-0.2, -0.15) is 0 Å². The summed E-state index contributed by atoms with van der Waals surface area (Å²) in [6, 6.07) is 6.37. The smallest absolute Gasteiger partial charge is 0.337 e. The second-order valence-corrected chi connectivity index (χ2v) is 3.15. The first-order valence-corrected chi connectivity index (χ1v) is 4.94. The average molecular weight is 245 g/mol. The van der Waals surface area contributed by atoms with Gasteiger partial charge < -0.3 is 10.8 Å². The Morgan fingerprint density at radius 3 is 1.72 bits per heavy atom. The maximum Gasteiger partial charge on any atom is 0.337 e. The van der Waals surface area contributed by atoms with Crippen LogP contribution in [0, 0.1) is 0 Å². The lowest BCUT2D eigenvalue weighted by atomic mass is 10.3. The van der Waals surface area contributed by atoms with Gasteiger partial charge in [0.05, 0.1) is 11.1 Å². The van der Waals surface area contributed by atoms with Gasteiger partial charge in [0, 0.05) is 24.8 Å². The molecule has 3 N–H and O–H groups in total. The summed E-state index contributed by atoms with van der Waals surface area (Å²) < 4.78 is 0. The second kappa shape index (κ2) is 6.74. The van der Waals surface area contributed by atoms with Crippen LogP contribution >= 0.6 is 0 Å². The molecule has 0 aliphatic heterocycles. The third-order valence-electron chi connectivity index (χ3n) is 1.85. The molecule has 2 aromatic rings. The minimum atomic E-state index is -0.942. The van der Waals surface area contributed by atoms with E-state index in [2.05, 4.69) is 9.97 Å². The van der Waals surface area contributed by atoms with E-state index >= 15 is 0 Å². The molecule has 2 aromatic heterocycles. The number of aromatic carboxylic acids is 1. The van der Waals surface area contributed by atoms with Crippen molar-refractivity contribution in [3.8, 4) is 0 Å². The molecule has 0 saturated carbocycles. The first-order chi connectivity index (χ1) is 8.61. The number of hydrogen-bond acceptors (Lipinski definition) is 4. The number of nitrogens with two attached hydrogens (primary N) is 1. The van der Waals surface area contributed by atoms with E-state index in [1.54, 1.807) is 24.4 Å². The molecule has 6 heteroatoms. The first-order valence-electron chi connectivity index (χ1n) is 4.94. The van der Waals surface area contributed by atoms with Crippen LogP contribution in [0.15, 0.2) is 49.1 Å². The molecule has 0 saturated heterocycles. The molecule has 0 spiro atoms. The standard InChI is InChI=1S/C6H6N2O.C6H5NO2/c7-6(9)5-2-1-3-8-4-5;8-6(9)5-2-1-3-7-4-5/h1-4H,(H2,7,9);1-4H,(H,8,9). The summed E-state index contributed by atoms with van der Waals surface area (Å²) in [5, 5.41) is 8.34. The average Bonchev–Trinajstić information content (AvgIpc) is 2.41. The fraction of sp³-hybridized carbons (Fsp3) is 0. The Balaban J connectivity index is 0.000000180. The van der Waals surface area contributed by atoms with Crippen LogP contribution in [0.1, 0.15) is 20.7 Å². The highest BCUT2D eigenvalue weighted by atomic mass is 16.4. The number of carboxylic acids is 1. The second-order valence-electron chi connectivity index (χ2n) is 3.15. The molecule has 1 amide bonds. The molecular formula is C12H11N3O3. The van der Waals surface area contributed by atoms with Crippen molar-refractivity contribution in [2.45, 2.75) is 0 Å². The Morgan fingerprint density at radius 1 is 1.00 bits per heavy atom. The number of nitrogens with zero attached hydrogens (tertiary/aromatic N) is 2. The van der Waals surface area contributed by atoms with Crippen LogP contribution in [0.4, 0.5) is 0 Å². The number of aromatic nitrogens is 2. The molecular weight excluding hydrogens is 234 g/mol. The number of carbonyl (C=O) groups is 2. The van der Waals surface area contributed by atoms with Crippen LogP contribution in [0.3, 0.4) is 0 Å². The Bertz CT molecular complexity index is 465. The topological polar surface area (TPSA) is 106 Å². The van der Waals surface area contributed by atoms with E-state index in [-0.39, 0.29) is 5.56 Å². The fourth-order valence-corrected chi connectivity index (χ4v) is 0.998.